The van der Waals surface area contributed by atoms with Gasteiger partial charge in [-0.3, -0.25) is 0 Å². The minimum Gasteiger partial charge on any atom is -0.422 e. The Morgan fingerprint density at radius 1 is 0.706 bits per heavy atom. The van der Waals surface area contributed by atoms with Crippen molar-refractivity contribution in [1.29, 1.82) is 0 Å². The van der Waals surface area contributed by atoms with E-state index in [-0.39, 0.29) is 11.7 Å². The molecule has 4 nitrogen and oxygen atoms in total. The van der Waals surface area contributed by atoms with Crippen molar-refractivity contribution in [2.45, 2.75) is 12.5 Å². The molecule has 5 aromatic rings. The lowest BCUT2D eigenvalue weighted by Gasteiger charge is -2.16. The van der Waals surface area contributed by atoms with Gasteiger partial charge in [-0.1, -0.05) is 91.0 Å². The van der Waals surface area contributed by atoms with E-state index in [4.69, 9.17) is 4.42 Å². The number of hydrogen-bond acceptors (Lipinski definition) is 4. The molecule has 0 radical (unpaired) electrons. The third-order valence-corrected chi connectivity index (χ3v) is 6.32. The summed E-state index contributed by atoms with van der Waals surface area (Å²) in [7, 11) is 0. The molecule has 1 aliphatic heterocycles. The average molecular weight is 443 g/mol. The fourth-order valence-corrected chi connectivity index (χ4v) is 4.57. The molecule has 4 aromatic carbocycles. The fourth-order valence-electron chi connectivity index (χ4n) is 4.57. The Kier molecular flexibility index (Phi) is 5.04. The van der Waals surface area contributed by atoms with Crippen LogP contribution in [0.5, 0.6) is 0 Å². The number of hydrogen-bond donors (Lipinski definition) is 1. The Labute approximate surface area is 197 Å². The summed E-state index contributed by atoms with van der Waals surface area (Å²) in [6, 6.07) is 36.8. The Morgan fingerprint density at radius 2 is 1.38 bits per heavy atom. The molecule has 1 unspecified atom stereocenters. The van der Waals surface area contributed by atoms with Crippen LogP contribution in [-0.2, 0) is 0 Å². The molecule has 1 atom stereocenters. The zero-order valence-corrected chi connectivity index (χ0v) is 18.4. The number of hydrazone groups is 1. The van der Waals surface area contributed by atoms with E-state index in [2.05, 4.69) is 77.3 Å². The molecular formula is C30H22N2O2. The molecule has 1 N–H and O–H groups in total. The number of para-hydroxylation sites is 1. The molecule has 0 amide bonds. The third kappa shape index (κ3) is 3.69. The van der Waals surface area contributed by atoms with E-state index in [0.717, 1.165) is 22.2 Å². The highest BCUT2D eigenvalue weighted by atomic mass is 16.4. The zero-order chi connectivity index (χ0) is 22.9. The maximum atomic E-state index is 12.6. The van der Waals surface area contributed by atoms with Crippen molar-refractivity contribution < 1.29 is 4.42 Å². The van der Waals surface area contributed by atoms with Crippen molar-refractivity contribution in [1.82, 2.24) is 5.43 Å². The van der Waals surface area contributed by atoms with Crippen LogP contribution >= 0.6 is 0 Å². The lowest BCUT2D eigenvalue weighted by atomic mass is 9.90. The maximum absolute atomic E-state index is 12.6. The summed E-state index contributed by atoms with van der Waals surface area (Å²) in [5.74, 6) is 0. The minimum absolute atomic E-state index is 0.0202. The van der Waals surface area contributed by atoms with Crippen LogP contribution < -0.4 is 11.1 Å². The summed E-state index contributed by atoms with van der Waals surface area (Å²) in [5.41, 5.74) is 10.5. The maximum Gasteiger partial charge on any atom is 0.345 e. The molecule has 2 heterocycles. The Bertz CT molecular complexity index is 1570. The molecule has 1 aromatic heterocycles. The highest BCUT2D eigenvalue weighted by molar-refractivity contribution is 6.03. The first kappa shape index (κ1) is 20.2. The standard InChI is InChI=1S/C30H22N2O2/c33-30-26(18-23-13-7-8-14-29(23)34-30)28-19-27(31-32-28)22-15-16-24(20-9-3-1-4-10-20)25(17-22)21-11-5-2-6-12-21/h1-18,27,31H,19H2. The number of rotatable bonds is 4. The molecule has 0 spiro atoms. The summed E-state index contributed by atoms with van der Waals surface area (Å²) in [6.07, 6.45) is 0.613. The molecule has 0 saturated carbocycles. The highest BCUT2D eigenvalue weighted by Crippen LogP contribution is 2.36. The van der Waals surface area contributed by atoms with Crippen LogP contribution in [0.2, 0.25) is 0 Å². The second kappa shape index (κ2) is 8.49. The first-order valence-corrected chi connectivity index (χ1v) is 11.4. The van der Waals surface area contributed by atoms with Crippen molar-refractivity contribution in [3.8, 4) is 22.3 Å². The SMILES string of the molecule is O=c1oc2ccccc2cc1C1=NNC(c2ccc(-c3ccccc3)c(-c3ccccc3)c2)C1. The van der Waals surface area contributed by atoms with Gasteiger partial charge in [-0.2, -0.15) is 5.10 Å². The molecule has 1 aliphatic rings. The molecule has 6 rings (SSSR count). The predicted octanol–water partition coefficient (Wildman–Crippen LogP) is 6.57. The van der Waals surface area contributed by atoms with Crippen molar-refractivity contribution >= 4 is 16.7 Å². The summed E-state index contributed by atoms with van der Waals surface area (Å²) < 4.78 is 5.52. The summed E-state index contributed by atoms with van der Waals surface area (Å²) in [6.45, 7) is 0. The lowest BCUT2D eigenvalue weighted by molar-refractivity contribution is 0.559. The van der Waals surface area contributed by atoms with Gasteiger partial charge >= 0.3 is 5.63 Å². The first-order chi connectivity index (χ1) is 16.8. The lowest BCUT2D eigenvalue weighted by Crippen LogP contribution is -2.14. The second-order valence-corrected chi connectivity index (χ2v) is 8.47. The van der Waals surface area contributed by atoms with E-state index in [0.29, 0.717) is 17.6 Å². The Morgan fingerprint density at radius 3 is 2.15 bits per heavy atom. The van der Waals surface area contributed by atoms with Crippen molar-refractivity contribution in [2.24, 2.45) is 5.10 Å². The minimum atomic E-state index is -0.357. The van der Waals surface area contributed by atoms with Gasteiger partial charge in [0.1, 0.15) is 5.58 Å². The van der Waals surface area contributed by atoms with Crippen LogP contribution in [0.3, 0.4) is 0 Å². The van der Waals surface area contributed by atoms with Gasteiger partial charge < -0.3 is 9.84 Å². The van der Waals surface area contributed by atoms with E-state index in [1.54, 1.807) is 6.07 Å². The van der Waals surface area contributed by atoms with Gasteiger partial charge in [-0.05, 0) is 46.0 Å². The van der Waals surface area contributed by atoms with Crippen LogP contribution in [0.4, 0.5) is 0 Å². The molecule has 0 saturated heterocycles. The van der Waals surface area contributed by atoms with Gasteiger partial charge in [0.15, 0.2) is 0 Å². The molecule has 0 aliphatic carbocycles. The third-order valence-electron chi connectivity index (χ3n) is 6.32. The molecule has 0 fully saturated rings. The monoisotopic (exact) mass is 442 g/mol. The quantitative estimate of drug-likeness (QED) is 0.321. The zero-order valence-electron chi connectivity index (χ0n) is 18.4. The van der Waals surface area contributed by atoms with Crippen LogP contribution in [0.1, 0.15) is 23.6 Å². The second-order valence-electron chi connectivity index (χ2n) is 8.47. The largest absolute Gasteiger partial charge is 0.422 e. The topological polar surface area (TPSA) is 54.6 Å². The molecule has 0 bridgehead atoms. The van der Waals surface area contributed by atoms with Gasteiger partial charge in [-0.15, -0.1) is 0 Å². The van der Waals surface area contributed by atoms with Crippen molar-refractivity contribution in [3.63, 3.8) is 0 Å². The normalized spacial score (nSPS) is 15.2. The number of benzene rings is 4. The molecule has 4 heteroatoms. The average Bonchev–Trinajstić information content (AvgIpc) is 3.39. The van der Waals surface area contributed by atoms with Gasteiger partial charge in [0.05, 0.1) is 17.3 Å². The predicted molar refractivity (Wildman–Crippen MR) is 137 cm³/mol. The van der Waals surface area contributed by atoms with Crippen molar-refractivity contribution in [3.05, 3.63) is 131 Å². The van der Waals surface area contributed by atoms with E-state index in [9.17, 15) is 4.79 Å². The smallest absolute Gasteiger partial charge is 0.345 e. The van der Waals surface area contributed by atoms with Gasteiger partial charge in [-0.25, -0.2) is 4.79 Å². The number of nitrogens with zero attached hydrogens (tertiary/aromatic N) is 1. The van der Waals surface area contributed by atoms with Crippen LogP contribution in [-0.4, -0.2) is 5.71 Å². The van der Waals surface area contributed by atoms with Crippen LogP contribution in [0.25, 0.3) is 33.2 Å². The molecule has 164 valence electrons. The Balaban J connectivity index is 1.36. The van der Waals surface area contributed by atoms with Gasteiger partial charge in [0.25, 0.3) is 0 Å². The first-order valence-electron chi connectivity index (χ1n) is 11.4. The highest BCUT2D eigenvalue weighted by Gasteiger charge is 2.25. The summed E-state index contributed by atoms with van der Waals surface area (Å²) in [5, 5.41) is 5.41. The summed E-state index contributed by atoms with van der Waals surface area (Å²) >= 11 is 0. The molecular weight excluding hydrogens is 420 g/mol. The molecule has 34 heavy (non-hydrogen) atoms. The van der Waals surface area contributed by atoms with E-state index in [1.807, 2.05) is 36.4 Å². The van der Waals surface area contributed by atoms with E-state index < -0.39 is 0 Å². The van der Waals surface area contributed by atoms with E-state index >= 15 is 0 Å². The van der Waals surface area contributed by atoms with Gasteiger partial charge in [0.2, 0.25) is 0 Å². The van der Waals surface area contributed by atoms with E-state index in [1.165, 1.54) is 16.7 Å². The summed E-state index contributed by atoms with van der Waals surface area (Å²) in [4.78, 5) is 12.6. The fraction of sp³-hybridized carbons (Fsp3) is 0.0667. The van der Waals surface area contributed by atoms with Crippen LogP contribution in [0, 0.1) is 0 Å². The van der Waals surface area contributed by atoms with Crippen molar-refractivity contribution in [2.75, 3.05) is 0 Å². The Hall–Kier alpha value is -4.44. The van der Waals surface area contributed by atoms with Crippen LogP contribution in [0.15, 0.2) is 124 Å². The number of fused-ring (bicyclic) bond motifs is 1. The number of nitrogens with one attached hydrogen (secondary N) is 1. The van der Waals surface area contributed by atoms with Gasteiger partial charge in [0, 0.05) is 11.8 Å².